The maximum absolute atomic E-state index is 13.4. The summed E-state index contributed by atoms with van der Waals surface area (Å²) >= 11 is 0. The molecule has 0 unspecified atom stereocenters. The third kappa shape index (κ3) is 5.47. The molecule has 0 fully saturated rings. The first-order valence-electron chi connectivity index (χ1n) is 5.01. The molecule has 0 spiro atoms. The molecule has 2 N–H and O–H groups in total. The van der Waals surface area contributed by atoms with Crippen LogP contribution in [0.1, 0.15) is 0 Å². The third-order valence-electron chi connectivity index (χ3n) is 2.06. The lowest BCUT2D eigenvalue weighted by atomic mass is 9.79. The Morgan fingerprint density at radius 1 is 1.11 bits per heavy atom. The molecule has 0 aromatic rings. The molecule has 0 aliphatic carbocycles. The SMILES string of the molecule is C=C(/C=C\C(=C)C(=C)/C=C(/F)C(=C)B(O)O)OC. The van der Waals surface area contributed by atoms with E-state index >= 15 is 0 Å². The minimum absolute atomic E-state index is 0.273. The highest BCUT2D eigenvalue weighted by molar-refractivity contribution is 6.51. The molecule has 5 heteroatoms. The quantitative estimate of drug-likeness (QED) is 0.414. The van der Waals surface area contributed by atoms with Crippen LogP contribution in [0.2, 0.25) is 0 Å². The van der Waals surface area contributed by atoms with Gasteiger partial charge in [0.05, 0.1) is 7.11 Å². The molecule has 3 nitrogen and oxygen atoms in total. The highest BCUT2D eigenvalue weighted by atomic mass is 19.1. The summed E-state index contributed by atoms with van der Waals surface area (Å²) in [6.45, 7) is 14.0. The molecular weight excluding hydrogens is 234 g/mol. The maximum atomic E-state index is 13.4. The summed E-state index contributed by atoms with van der Waals surface area (Å²) in [5.74, 6) is -0.446. The van der Waals surface area contributed by atoms with Crippen LogP contribution in [0.25, 0.3) is 0 Å². The molecule has 0 saturated carbocycles. The first-order chi connectivity index (χ1) is 8.29. The Kier molecular flexibility index (Phi) is 6.71. The van der Waals surface area contributed by atoms with Crippen molar-refractivity contribution in [2.24, 2.45) is 0 Å². The van der Waals surface area contributed by atoms with Crippen molar-refractivity contribution in [2.75, 3.05) is 7.11 Å². The van der Waals surface area contributed by atoms with E-state index in [0.717, 1.165) is 6.08 Å². The molecule has 96 valence electrons. The van der Waals surface area contributed by atoms with E-state index in [0.29, 0.717) is 11.3 Å². The Balaban J connectivity index is 4.73. The van der Waals surface area contributed by atoms with Crippen LogP contribution in [-0.2, 0) is 4.74 Å². The van der Waals surface area contributed by atoms with Crippen LogP contribution in [0, 0.1) is 0 Å². The lowest BCUT2D eigenvalue weighted by Crippen LogP contribution is -2.14. The van der Waals surface area contributed by atoms with E-state index in [1.54, 1.807) is 12.2 Å². The van der Waals surface area contributed by atoms with E-state index in [-0.39, 0.29) is 5.57 Å². The number of rotatable bonds is 7. The van der Waals surface area contributed by atoms with Crippen LogP contribution in [0.5, 0.6) is 0 Å². The minimum Gasteiger partial charge on any atom is -0.497 e. The van der Waals surface area contributed by atoms with Gasteiger partial charge >= 0.3 is 7.12 Å². The van der Waals surface area contributed by atoms with Gasteiger partial charge in [-0.05, 0) is 23.3 Å². The van der Waals surface area contributed by atoms with Crippen molar-refractivity contribution in [3.05, 3.63) is 72.7 Å². The predicted molar refractivity (Wildman–Crippen MR) is 72.1 cm³/mol. The van der Waals surface area contributed by atoms with E-state index in [2.05, 4.69) is 26.3 Å². The molecule has 0 aromatic carbocycles. The lowest BCUT2D eigenvalue weighted by Gasteiger charge is -2.03. The van der Waals surface area contributed by atoms with Crippen molar-refractivity contribution in [3.63, 3.8) is 0 Å². The molecule has 0 radical (unpaired) electrons. The average molecular weight is 250 g/mol. The van der Waals surface area contributed by atoms with Gasteiger partial charge < -0.3 is 14.8 Å². The fourth-order valence-corrected chi connectivity index (χ4v) is 0.830. The Bertz CT molecular complexity index is 434. The molecule has 0 amide bonds. The average Bonchev–Trinajstić information content (AvgIpc) is 2.33. The fourth-order valence-electron chi connectivity index (χ4n) is 0.830. The first kappa shape index (κ1) is 16.2. The van der Waals surface area contributed by atoms with Crippen molar-refractivity contribution >= 4 is 7.12 Å². The molecule has 0 heterocycles. The standard InChI is InChI=1S/C13H16BFO3/c1-9(6-7-11(3)18-5)10(2)8-13(15)12(4)14(16)17/h6-8,16-17H,1-4H2,5H3/b7-6-,13-8+. The van der Waals surface area contributed by atoms with Crippen molar-refractivity contribution in [3.8, 4) is 0 Å². The minimum atomic E-state index is -1.94. The third-order valence-corrected chi connectivity index (χ3v) is 2.06. The predicted octanol–water partition coefficient (Wildman–Crippen LogP) is 2.24. The van der Waals surface area contributed by atoms with Gasteiger partial charge in [0, 0.05) is 5.47 Å². The second-order valence-electron chi connectivity index (χ2n) is 3.45. The number of allylic oxidation sites excluding steroid dienone is 7. The fraction of sp³-hybridized carbons (Fsp3) is 0.0769. The number of hydrogen-bond donors (Lipinski definition) is 2. The van der Waals surface area contributed by atoms with Crippen LogP contribution >= 0.6 is 0 Å². The molecule has 0 atom stereocenters. The first-order valence-corrected chi connectivity index (χ1v) is 5.01. The van der Waals surface area contributed by atoms with Gasteiger partial charge in [-0.25, -0.2) is 4.39 Å². The van der Waals surface area contributed by atoms with Crippen LogP contribution in [-0.4, -0.2) is 24.3 Å². The van der Waals surface area contributed by atoms with Gasteiger partial charge in [0.1, 0.15) is 11.6 Å². The smallest absolute Gasteiger partial charge is 0.490 e. The Hall–Kier alpha value is -1.85. The van der Waals surface area contributed by atoms with E-state index in [1.807, 2.05) is 0 Å². The number of ether oxygens (including phenoxy) is 1. The van der Waals surface area contributed by atoms with Crippen LogP contribution in [0.15, 0.2) is 72.7 Å². The molecule has 0 bridgehead atoms. The summed E-state index contributed by atoms with van der Waals surface area (Å²) in [5, 5.41) is 17.5. The van der Waals surface area contributed by atoms with E-state index in [4.69, 9.17) is 14.8 Å². The second kappa shape index (κ2) is 7.47. The number of methoxy groups -OCH3 is 1. The highest BCUT2D eigenvalue weighted by Crippen LogP contribution is 2.17. The zero-order valence-corrected chi connectivity index (χ0v) is 10.3. The molecule has 0 aliphatic heterocycles. The van der Waals surface area contributed by atoms with Gasteiger partial charge in [0.25, 0.3) is 0 Å². The van der Waals surface area contributed by atoms with Crippen molar-refractivity contribution in [1.29, 1.82) is 0 Å². The molecule has 0 aliphatic rings. The topological polar surface area (TPSA) is 49.7 Å². The van der Waals surface area contributed by atoms with Gasteiger partial charge in [-0.15, -0.1) is 0 Å². The van der Waals surface area contributed by atoms with Gasteiger partial charge in [-0.2, -0.15) is 0 Å². The zero-order chi connectivity index (χ0) is 14.3. The summed E-state index contributed by atoms with van der Waals surface area (Å²) in [6.07, 6.45) is 4.12. The van der Waals surface area contributed by atoms with Crippen molar-refractivity contribution in [2.45, 2.75) is 0 Å². The van der Waals surface area contributed by atoms with E-state index < -0.39 is 18.4 Å². The Morgan fingerprint density at radius 3 is 2.11 bits per heavy atom. The number of halogens is 1. The van der Waals surface area contributed by atoms with Gasteiger partial charge in [-0.3, -0.25) is 0 Å². The zero-order valence-electron chi connectivity index (χ0n) is 10.3. The molecular formula is C13H16BFO3. The summed E-state index contributed by atoms with van der Waals surface area (Å²) in [4.78, 5) is 0. The van der Waals surface area contributed by atoms with E-state index in [9.17, 15) is 4.39 Å². The second-order valence-corrected chi connectivity index (χ2v) is 3.45. The van der Waals surface area contributed by atoms with Crippen LogP contribution in [0.4, 0.5) is 4.39 Å². The summed E-state index contributed by atoms with van der Waals surface area (Å²) in [5.41, 5.74) is 0.271. The highest BCUT2D eigenvalue weighted by Gasteiger charge is 2.16. The monoisotopic (exact) mass is 250 g/mol. The van der Waals surface area contributed by atoms with Crippen LogP contribution < -0.4 is 0 Å². The summed E-state index contributed by atoms with van der Waals surface area (Å²) < 4.78 is 18.2. The normalized spacial score (nSPS) is 11.2. The summed E-state index contributed by atoms with van der Waals surface area (Å²) in [6, 6.07) is 0. The largest absolute Gasteiger partial charge is 0.497 e. The summed E-state index contributed by atoms with van der Waals surface area (Å²) in [7, 11) is -0.470. The Labute approximate surface area is 107 Å². The molecule has 0 aromatic heterocycles. The molecule has 0 rings (SSSR count). The number of hydrogen-bond acceptors (Lipinski definition) is 3. The van der Waals surface area contributed by atoms with Gasteiger partial charge in [0.15, 0.2) is 0 Å². The van der Waals surface area contributed by atoms with Crippen molar-refractivity contribution in [1.82, 2.24) is 0 Å². The molecule has 18 heavy (non-hydrogen) atoms. The molecule has 0 saturated heterocycles. The van der Waals surface area contributed by atoms with Gasteiger partial charge in [0.2, 0.25) is 0 Å². The lowest BCUT2D eigenvalue weighted by molar-refractivity contribution is 0.309. The van der Waals surface area contributed by atoms with Gasteiger partial charge in [-0.1, -0.05) is 32.4 Å². The maximum Gasteiger partial charge on any atom is 0.490 e. The van der Waals surface area contributed by atoms with Crippen molar-refractivity contribution < 1.29 is 19.2 Å². The van der Waals surface area contributed by atoms with E-state index in [1.165, 1.54) is 7.11 Å². The van der Waals surface area contributed by atoms with Crippen LogP contribution in [0.3, 0.4) is 0 Å². The Morgan fingerprint density at radius 2 is 1.67 bits per heavy atom.